The van der Waals surface area contributed by atoms with Crippen LogP contribution in [0.4, 0.5) is 13.2 Å². The summed E-state index contributed by atoms with van der Waals surface area (Å²) in [7, 11) is 1.70. The number of nitrogens with zero attached hydrogens (tertiary/aromatic N) is 5. The van der Waals surface area contributed by atoms with E-state index in [1.165, 1.54) is 0 Å². The monoisotopic (exact) mass is 391 g/mol. The van der Waals surface area contributed by atoms with Gasteiger partial charge in [0.1, 0.15) is 0 Å². The molecule has 6 nitrogen and oxygen atoms in total. The topological polar surface area (TPSA) is 63.4 Å². The molecule has 0 aliphatic rings. The van der Waals surface area contributed by atoms with Gasteiger partial charge in [-0.05, 0) is 26.3 Å². The molecule has 0 unspecified atom stereocenters. The fraction of sp³-hybridized carbons (Fsp3) is 0.368. The zero-order chi connectivity index (χ0) is 20.6. The summed E-state index contributed by atoms with van der Waals surface area (Å²) < 4.78 is 39.7. The first kappa shape index (κ1) is 19.8. The standard InChI is InChI=1S/C19H20F3N5O/c1-11-15(10-16(28)26(4)12(2)14-8-6-5-7-9-14)13(3)27-18(23-11)24-17(25-27)19(20,21)22/h5-9,12H,10H2,1-4H3/t12-/m1/s1. The van der Waals surface area contributed by atoms with Crippen molar-refractivity contribution in [2.24, 2.45) is 0 Å². The lowest BCUT2D eigenvalue weighted by atomic mass is 10.0. The summed E-state index contributed by atoms with van der Waals surface area (Å²) in [4.78, 5) is 22.0. The van der Waals surface area contributed by atoms with Crippen LogP contribution in [0, 0.1) is 13.8 Å². The predicted molar refractivity (Wildman–Crippen MR) is 96.6 cm³/mol. The molecule has 0 radical (unpaired) electrons. The van der Waals surface area contributed by atoms with Crippen LogP contribution in [0.3, 0.4) is 0 Å². The first-order valence-electron chi connectivity index (χ1n) is 8.70. The minimum atomic E-state index is -4.66. The van der Waals surface area contributed by atoms with Crippen LogP contribution in [0.5, 0.6) is 0 Å². The lowest BCUT2D eigenvalue weighted by molar-refractivity contribution is -0.144. The maximum Gasteiger partial charge on any atom is 0.453 e. The zero-order valence-electron chi connectivity index (χ0n) is 15.9. The molecule has 0 fully saturated rings. The summed E-state index contributed by atoms with van der Waals surface area (Å²) in [5, 5.41) is 3.51. The van der Waals surface area contributed by atoms with Crippen LogP contribution in [-0.4, -0.2) is 37.4 Å². The van der Waals surface area contributed by atoms with Gasteiger partial charge in [0.15, 0.2) is 0 Å². The number of rotatable bonds is 4. The molecule has 3 aromatic rings. The number of amides is 1. The minimum absolute atomic E-state index is 0.00942. The molecule has 1 amide bonds. The number of aryl methyl sites for hydroxylation is 2. The molecule has 0 bridgehead atoms. The lowest BCUT2D eigenvalue weighted by Crippen LogP contribution is -2.31. The van der Waals surface area contributed by atoms with Crippen molar-refractivity contribution >= 4 is 11.7 Å². The molecule has 28 heavy (non-hydrogen) atoms. The van der Waals surface area contributed by atoms with Crippen molar-refractivity contribution in [3.63, 3.8) is 0 Å². The van der Waals surface area contributed by atoms with Gasteiger partial charge in [0.2, 0.25) is 5.91 Å². The Morgan fingerprint density at radius 3 is 2.43 bits per heavy atom. The normalized spacial score (nSPS) is 13.0. The number of carbonyl (C=O) groups is 1. The summed E-state index contributed by atoms with van der Waals surface area (Å²) in [5.41, 5.74) is 2.41. The van der Waals surface area contributed by atoms with Gasteiger partial charge in [0.25, 0.3) is 11.6 Å². The number of hydrogen-bond donors (Lipinski definition) is 0. The maximum atomic E-state index is 12.9. The molecule has 0 aliphatic carbocycles. The highest BCUT2D eigenvalue weighted by atomic mass is 19.4. The lowest BCUT2D eigenvalue weighted by Gasteiger charge is -2.26. The van der Waals surface area contributed by atoms with E-state index >= 15 is 0 Å². The predicted octanol–water partition coefficient (Wildman–Crippen LogP) is 3.52. The Labute approximate surface area is 160 Å². The third-order valence-electron chi connectivity index (χ3n) is 4.89. The molecule has 0 N–H and O–H groups in total. The Bertz CT molecular complexity index is 1010. The van der Waals surface area contributed by atoms with Gasteiger partial charge in [-0.2, -0.15) is 18.2 Å². The molecular weight excluding hydrogens is 371 g/mol. The highest BCUT2D eigenvalue weighted by Gasteiger charge is 2.37. The van der Waals surface area contributed by atoms with Crippen LogP contribution in [0.2, 0.25) is 0 Å². The highest BCUT2D eigenvalue weighted by molar-refractivity contribution is 5.79. The van der Waals surface area contributed by atoms with Crippen LogP contribution >= 0.6 is 0 Å². The zero-order valence-corrected chi connectivity index (χ0v) is 15.9. The summed E-state index contributed by atoms with van der Waals surface area (Å²) >= 11 is 0. The minimum Gasteiger partial charge on any atom is -0.339 e. The molecule has 3 rings (SSSR count). The van der Waals surface area contributed by atoms with Crippen molar-refractivity contribution in [3.05, 3.63) is 58.7 Å². The number of aromatic nitrogens is 4. The molecule has 0 spiro atoms. The van der Waals surface area contributed by atoms with Crippen LogP contribution < -0.4 is 0 Å². The second-order valence-corrected chi connectivity index (χ2v) is 6.67. The molecule has 1 aromatic carbocycles. The van der Waals surface area contributed by atoms with Gasteiger partial charge in [0, 0.05) is 24.0 Å². The Morgan fingerprint density at radius 1 is 1.18 bits per heavy atom. The van der Waals surface area contributed by atoms with Crippen LogP contribution in [0.15, 0.2) is 30.3 Å². The average molecular weight is 391 g/mol. The quantitative estimate of drug-likeness (QED) is 0.683. The summed E-state index contributed by atoms with van der Waals surface area (Å²) in [6.07, 6.45) is -4.65. The second-order valence-electron chi connectivity index (χ2n) is 6.67. The van der Waals surface area contributed by atoms with E-state index in [0.717, 1.165) is 10.1 Å². The Balaban J connectivity index is 1.90. The third-order valence-corrected chi connectivity index (χ3v) is 4.89. The molecule has 0 saturated heterocycles. The number of benzene rings is 1. The van der Waals surface area contributed by atoms with E-state index in [9.17, 15) is 18.0 Å². The van der Waals surface area contributed by atoms with Crippen LogP contribution in [0.25, 0.3) is 5.78 Å². The summed E-state index contributed by atoms with van der Waals surface area (Å²) in [5.74, 6) is -1.55. The summed E-state index contributed by atoms with van der Waals surface area (Å²) in [6, 6.07) is 9.44. The second kappa shape index (κ2) is 7.21. The molecule has 148 valence electrons. The van der Waals surface area contributed by atoms with Crippen molar-refractivity contribution in [1.29, 1.82) is 0 Å². The Kier molecular flexibility index (Phi) is 5.10. The van der Waals surface area contributed by atoms with E-state index in [4.69, 9.17) is 0 Å². The molecule has 2 aromatic heterocycles. The molecule has 0 saturated carbocycles. The Morgan fingerprint density at radius 2 is 1.82 bits per heavy atom. The van der Waals surface area contributed by atoms with Gasteiger partial charge in [-0.3, -0.25) is 4.79 Å². The molecule has 0 aliphatic heterocycles. The number of fused-ring (bicyclic) bond motifs is 1. The van der Waals surface area contributed by atoms with E-state index in [2.05, 4.69) is 15.1 Å². The van der Waals surface area contributed by atoms with Gasteiger partial charge < -0.3 is 4.90 Å². The number of likely N-dealkylation sites (N-methyl/N-ethyl adjacent to an activating group) is 1. The van der Waals surface area contributed by atoms with E-state index in [0.29, 0.717) is 17.0 Å². The van der Waals surface area contributed by atoms with Crippen molar-refractivity contribution in [2.45, 2.75) is 39.4 Å². The van der Waals surface area contributed by atoms with E-state index < -0.39 is 12.0 Å². The van der Waals surface area contributed by atoms with E-state index in [1.807, 2.05) is 37.3 Å². The van der Waals surface area contributed by atoms with Gasteiger partial charge in [-0.1, -0.05) is 30.3 Å². The fourth-order valence-electron chi connectivity index (χ4n) is 3.03. The fourth-order valence-corrected chi connectivity index (χ4v) is 3.03. The smallest absolute Gasteiger partial charge is 0.339 e. The van der Waals surface area contributed by atoms with E-state index in [1.54, 1.807) is 25.8 Å². The first-order valence-corrected chi connectivity index (χ1v) is 8.70. The first-order chi connectivity index (χ1) is 13.1. The van der Waals surface area contributed by atoms with Gasteiger partial charge in [-0.15, -0.1) is 5.10 Å². The van der Waals surface area contributed by atoms with Gasteiger partial charge in [0.05, 0.1) is 12.5 Å². The molecule has 2 heterocycles. The van der Waals surface area contributed by atoms with Crippen LogP contribution in [0.1, 0.15) is 41.3 Å². The number of hydrogen-bond acceptors (Lipinski definition) is 4. The highest BCUT2D eigenvalue weighted by Crippen LogP contribution is 2.27. The molecule has 1 atom stereocenters. The largest absolute Gasteiger partial charge is 0.453 e. The SMILES string of the molecule is Cc1nc2nc(C(F)(F)F)nn2c(C)c1CC(=O)N(C)[C@H](C)c1ccccc1. The Hall–Kier alpha value is -2.97. The molecular formula is C19H20F3N5O. The maximum absolute atomic E-state index is 12.9. The van der Waals surface area contributed by atoms with Crippen molar-refractivity contribution < 1.29 is 18.0 Å². The molecule has 9 heteroatoms. The average Bonchev–Trinajstić information content (AvgIpc) is 3.09. The number of halogens is 3. The van der Waals surface area contributed by atoms with Crippen molar-refractivity contribution in [2.75, 3.05) is 7.05 Å². The van der Waals surface area contributed by atoms with Gasteiger partial charge >= 0.3 is 6.18 Å². The van der Waals surface area contributed by atoms with Gasteiger partial charge in [-0.25, -0.2) is 9.50 Å². The third kappa shape index (κ3) is 3.69. The number of carbonyl (C=O) groups excluding carboxylic acids is 1. The number of alkyl halides is 3. The van der Waals surface area contributed by atoms with E-state index in [-0.39, 0.29) is 24.1 Å². The van der Waals surface area contributed by atoms with Crippen LogP contribution in [-0.2, 0) is 17.4 Å². The van der Waals surface area contributed by atoms with Crippen molar-refractivity contribution in [1.82, 2.24) is 24.5 Å². The summed E-state index contributed by atoms with van der Waals surface area (Å²) in [6.45, 7) is 5.18. The van der Waals surface area contributed by atoms with Crippen molar-refractivity contribution in [3.8, 4) is 0 Å².